The van der Waals surface area contributed by atoms with Gasteiger partial charge in [0.25, 0.3) is 0 Å². The quantitative estimate of drug-likeness (QED) is 0.826. The zero-order valence-electron chi connectivity index (χ0n) is 9.88. The SMILES string of the molecule is COc1ccccc1Nc1cc(C(N)=S)ccn1. The Kier molecular flexibility index (Phi) is 3.74. The third-order valence-corrected chi connectivity index (χ3v) is 2.65. The molecule has 1 aromatic heterocycles. The van der Waals surface area contributed by atoms with E-state index in [-0.39, 0.29) is 0 Å². The molecule has 0 aliphatic carbocycles. The first-order valence-corrected chi connectivity index (χ1v) is 5.77. The largest absolute Gasteiger partial charge is 0.495 e. The van der Waals surface area contributed by atoms with Crippen molar-refractivity contribution in [3.63, 3.8) is 0 Å². The summed E-state index contributed by atoms with van der Waals surface area (Å²) in [6, 6.07) is 11.2. The molecule has 2 rings (SSSR count). The summed E-state index contributed by atoms with van der Waals surface area (Å²) in [5.74, 6) is 1.42. The molecule has 0 bridgehead atoms. The first kappa shape index (κ1) is 12.3. The number of nitrogens with zero attached hydrogens (tertiary/aromatic N) is 1. The van der Waals surface area contributed by atoms with Crippen molar-refractivity contribution < 1.29 is 4.74 Å². The van der Waals surface area contributed by atoms with E-state index in [1.165, 1.54) is 0 Å². The Labute approximate surface area is 111 Å². The molecule has 18 heavy (non-hydrogen) atoms. The minimum atomic E-state index is 0.348. The van der Waals surface area contributed by atoms with Gasteiger partial charge in [0.15, 0.2) is 0 Å². The second kappa shape index (κ2) is 5.46. The molecule has 3 N–H and O–H groups in total. The van der Waals surface area contributed by atoms with Crippen LogP contribution in [0, 0.1) is 0 Å². The van der Waals surface area contributed by atoms with E-state index >= 15 is 0 Å². The van der Waals surface area contributed by atoms with Crippen molar-refractivity contribution in [3.05, 3.63) is 48.2 Å². The molecule has 0 spiro atoms. The van der Waals surface area contributed by atoms with Crippen LogP contribution in [0.2, 0.25) is 0 Å². The predicted molar refractivity (Wildman–Crippen MR) is 76.4 cm³/mol. The molecule has 0 atom stereocenters. The monoisotopic (exact) mass is 259 g/mol. The van der Waals surface area contributed by atoms with E-state index in [1.807, 2.05) is 24.3 Å². The van der Waals surface area contributed by atoms with Crippen LogP contribution in [0.4, 0.5) is 11.5 Å². The molecule has 4 nitrogen and oxygen atoms in total. The minimum Gasteiger partial charge on any atom is -0.495 e. The number of nitrogens with one attached hydrogen (secondary N) is 1. The molecule has 0 amide bonds. The van der Waals surface area contributed by atoms with Crippen LogP contribution >= 0.6 is 12.2 Å². The van der Waals surface area contributed by atoms with Crippen molar-refractivity contribution in [2.24, 2.45) is 5.73 Å². The third kappa shape index (κ3) is 2.75. The number of benzene rings is 1. The molecule has 0 unspecified atom stereocenters. The Morgan fingerprint density at radius 2 is 2.11 bits per heavy atom. The fraction of sp³-hybridized carbons (Fsp3) is 0.0769. The predicted octanol–water partition coefficient (Wildman–Crippen LogP) is 2.47. The summed E-state index contributed by atoms with van der Waals surface area (Å²) in [4.78, 5) is 4.56. The first-order chi connectivity index (χ1) is 8.70. The number of rotatable bonds is 4. The normalized spacial score (nSPS) is 9.83. The summed E-state index contributed by atoms with van der Waals surface area (Å²) in [6.45, 7) is 0. The van der Waals surface area contributed by atoms with E-state index in [0.717, 1.165) is 17.0 Å². The maximum atomic E-state index is 5.58. The van der Waals surface area contributed by atoms with Gasteiger partial charge in [0, 0.05) is 11.8 Å². The lowest BCUT2D eigenvalue weighted by molar-refractivity contribution is 0.417. The van der Waals surface area contributed by atoms with Crippen LogP contribution in [0.5, 0.6) is 5.75 Å². The summed E-state index contributed by atoms with van der Waals surface area (Å²) in [5.41, 5.74) is 7.20. The van der Waals surface area contributed by atoms with Gasteiger partial charge in [0.05, 0.1) is 12.8 Å². The van der Waals surface area contributed by atoms with E-state index < -0.39 is 0 Å². The first-order valence-electron chi connectivity index (χ1n) is 5.36. The van der Waals surface area contributed by atoms with Crippen LogP contribution in [0.25, 0.3) is 0 Å². The van der Waals surface area contributed by atoms with Crippen LogP contribution in [-0.2, 0) is 0 Å². The maximum absolute atomic E-state index is 5.58. The summed E-state index contributed by atoms with van der Waals surface area (Å²) < 4.78 is 5.25. The van der Waals surface area contributed by atoms with Gasteiger partial charge in [-0.25, -0.2) is 4.98 Å². The van der Waals surface area contributed by atoms with Gasteiger partial charge in [0.2, 0.25) is 0 Å². The fourth-order valence-electron chi connectivity index (χ4n) is 1.54. The maximum Gasteiger partial charge on any atom is 0.142 e. The Morgan fingerprint density at radius 3 is 2.83 bits per heavy atom. The number of ether oxygens (including phenoxy) is 1. The Bertz CT molecular complexity index is 572. The number of para-hydroxylation sites is 2. The van der Waals surface area contributed by atoms with Gasteiger partial charge < -0.3 is 15.8 Å². The highest BCUT2D eigenvalue weighted by molar-refractivity contribution is 7.80. The smallest absolute Gasteiger partial charge is 0.142 e. The minimum absolute atomic E-state index is 0.348. The fourth-order valence-corrected chi connectivity index (χ4v) is 1.67. The number of hydrogen-bond donors (Lipinski definition) is 2. The molecule has 92 valence electrons. The molecule has 1 aromatic carbocycles. The molecule has 0 aliphatic rings. The molecule has 0 aliphatic heterocycles. The Hall–Kier alpha value is -2.14. The van der Waals surface area contributed by atoms with Crippen LogP contribution in [0.3, 0.4) is 0 Å². The second-order valence-electron chi connectivity index (χ2n) is 3.62. The van der Waals surface area contributed by atoms with Gasteiger partial charge in [-0.1, -0.05) is 24.4 Å². The van der Waals surface area contributed by atoms with Gasteiger partial charge in [-0.15, -0.1) is 0 Å². The van der Waals surface area contributed by atoms with Crippen LogP contribution in [0.15, 0.2) is 42.6 Å². The summed E-state index contributed by atoms with van der Waals surface area (Å²) in [5, 5.41) is 3.17. The summed E-state index contributed by atoms with van der Waals surface area (Å²) in [6.07, 6.45) is 1.66. The van der Waals surface area contributed by atoms with E-state index in [0.29, 0.717) is 10.8 Å². The summed E-state index contributed by atoms with van der Waals surface area (Å²) in [7, 11) is 1.62. The Balaban J connectivity index is 2.28. The van der Waals surface area contributed by atoms with Crippen molar-refractivity contribution in [2.75, 3.05) is 12.4 Å². The van der Waals surface area contributed by atoms with Crippen LogP contribution < -0.4 is 15.8 Å². The van der Waals surface area contributed by atoms with Gasteiger partial charge in [-0.2, -0.15) is 0 Å². The second-order valence-corrected chi connectivity index (χ2v) is 4.06. The molecule has 0 fully saturated rings. The van der Waals surface area contributed by atoms with E-state index in [9.17, 15) is 0 Å². The van der Waals surface area contributed by atoms with E-state index in [4.69, 9.17) is 22.7 Å². The zero-order valence-corrected chi connectivity index (χ0v) is 10.7. The highest BCUT2D eigenvalue weighted by Crippen LogP contribution is 2.26. The van der Waals surface area contributed by atoms with Crippen LogP contribution in [0.1, 0.15) is 5.56 Å². The molecule has 0 saturated heterocycles. The average Bonchev–Trinajstić information content (AvgIpc) is 2.39. The molecule has 1 heterocycles. The molecular formula is C13H13N3OS. The molecule has 5 heteroatoms. The van der Waals surface area contributed by atoms with E-state index in [2.05, 4.69) is 10.3 Å². The molecule has 0 saturated carbocycles. The third-order valence-electron chi connectivity index (χ3n) is 2.41. The molecule has 2 aromatic rings. The lowest BCUT2D eigenvalue weighted by atomic mass is 10.2. The van der Waals surface area contributed by atoms with Gasteiger partial charge in [-0.05, 0) is 24.3 Å². The topological polar surface area (TPSA) is 60.2 Å². The van der Waals surface area contributed by atoms with Crippen molar-refractivity contribution in [2.45, 2.75) is 0 Å². The summed E-state index contributed by atoms with van der Waals surface area (Å²) >= 11 is 4.93. The van der Waals surface area contributed by atoms with Gasteiger partial charge >= 0.3 is 0 Å². The molecular weight excluding hydrogens is 246 g/mol. The number of nitrogens with two attached hydrogens (primary N) is 1. The van der Waals surface area contributed by atoms with Crippen molar-refractivity contribution in [1.82, 2.24) is 4.98 Å². The number of pyridine rings is 1. The lowest BCUT2D eigenvalue weighted by Gasteiger charge is -2.10. The van der Waals surface area contributed by atoms with Gasteiger partial charge in [0.1, 0.15) is 16.6 Å². The highest BCUT2D eigenvalue weighted by Gasteiger charge is 2.04. The lowest BCUT2D eigenvalue weighted by Crippen LogP contribution is -2.09. The van der Waals surface area contributed by atoms with E-state index in [1.54, 1.807) is 25.4 Å². The number of aromatic nitrogens is 1. The molecule has 0 radical (unpaired) electrons. The van der Waals surface area contributed by atoms with Crippen molar-refractivity contribution in [1.29, 1.82) is 0 Å². The zero-order chi connectivity index (χ0) is 13.0. The van der Waals surface area contributed by atoms with Crippen molar-refractivity contribution in [3.8, 4) is 5.75 Å². The number of hydrogen-bond acceptors (Lipinski definition) is 4. The number of methoxy groups -OCH3 is 1. The number of anilines is 2. The van der Waals surface area contributed by atoms with Crippen molar-refractivity contribution >= 4 is 28.7 Å². The standard InChI is InChI=1S/C13H13N3OS/c1-17-11-5-3-2-4-10(11)16-12-8-9(13(14)18)6-7-15-12/h2-8H,1H3,(H2,14,18)(H,15,16). The highest BCUT2D eigenvalue weighted by atomic mass is 32.1. The number of thiocarbonyl (C=S) groups is 1. The Morgan fingerprint density at radius 1 is 1.33 bits per heavy atom. The van der Waals surface area contributed by atoms with Crippen LogP contribution in [-0.4, -0.2) is 17.1 Å². The van der Waals surface area contributed by atoms with Gasteiger partial charge in [-0.3, -0.25) is 0 Å². The average molecular weight is 259 g/mol.